The Morgan fingerprint density at radius 3 is 2.45 bits per heavy atom. The number of benzene rings is 2. The first-order chi connectivity index (χ1) is 9.60. The van der Waals surface area contributed by atoms with Gasteiger partial charge in [0, 0.05) is 4.47 Å². The van der Waals surface area contributed by atoms with Crippen LogP contribution in [-0.2, 0) is 12.8 Å². The predicted octanol–water partition coefficient (Wildman–Crippen LogP) is 3.94. The molecule has 0 aliphatic rings. The average Bonchev–Trinajstić information content (AvgIpc) is 2.47. The number of aryl methyl sites for hydroxylation is 2. The van der Waals surface area contributed by atoms with Gasteiger partial charge in [0.25, 0.3) is 0 Å². The van der Waals surface area contributed by atoms with E-state index in [0.717, 1.165) is 28.6 Å². The standard InChI is InChI=1S/C16H15BrO3/c1-20-14-8-9-15(17)13(10-14)7-4-11-2-5-12(6-3-11)16(18)19/h2-3,5-6,8-10H,4,7H2,1H3,(H,18,19). The molecule has 0 aromatic heterocycles. The van der Waals surface area contributed by atoms with E-state index in [1.807, 2.05) is 30.3 Å². The highest BCUT2D eigenvalue weighted by Gasteiger charge is 2.05. The van der Waals surface area contributed by atoms with Crippen molar-refractivity contribution < 1.29 is 14.6 Å². The number of carbonyl (C=O) groups is 1. The summed E-state index contributed by atoms with van der Waals surface area (Å²) in [6, 6.07) is 12.9. The summed E-state index contributed by atoms with van der Waals surface area (Å²) in [5.74, 6) is -0.0588. The molecule has 2 aromatic rings. The van der Waals surface area contributed by atoms with Crippen LogP contribution in [0.1, 0.15) is 21.5 Å². The van der Waals surface area contributed by atoms with Gasteiger partial charge in [-0.1, -0.05) is 28.1 Å². The fraction of sp³-hybridized carbons (Fsp3) is 0.188. The summed E-state index contributed by atoms with van der Waals surface area (Å²) in [7, 11) is 1.65. The number of hydrogen-bond donors (Lipinski definition) is 1. The van der Waals surface area contributed by atoms with E-state index in [9.17, 15) is 4.79 Å². The van der Waals surface area contributed by atoms with Crippen molar-refractivity contribution in [2.45, 2.75) is 12.8 Å². The Balaban J connectivity index is 2.06. The second-order valence-electron chi connectivity index (χ2n) is 4.46. The molecule has 3 nitrogen and oxygen atoms in total. The van der Waals surface area contributed by atoms with Crippen molar-refractivity contribution in [1.82, 2.24) is 0 Å². The number of halogens is 1. The third-order valence-electron chi connectivity index (χ3n) is 3.14. The first kappa shape index (κ1) is 14.6. The highest BCUT2D eigenvalue weighted by Crippen LogP contribution is 2.24. The van der Waals surface area contributed by atoms with E-state index in [0.29, 0.717) is 5.56 Å². The van der Waals surface area contributed by atoms with Crippen molar-refractivity contribution in [2.75, 3.05) is 7.11 Å². The molecule has 0 amide bonds. The van der Waals surface area contributed by atoms with Crippen molar-refractivity contribution in [2.24, 2.45) is 0 Å². The molecule has 0 spiro atoms. The molecular weight excluding hydrogens is 320 g/mol. The van der Waals surface area contributed by atoms with Crippen LogP contribution >= 0.6 is 15.9 Å². The van der Waals surface area contributed by atoms with E-state index in [-0.39, 0.29) is 0 Å². The molecule has 0 saturated heterocycles. The van der Waals surface area contributed by atoms with Gasteiger partial charge in [-0.2, -0.15) is 0 Å². The summed E-state index contributed by atoms with van der Waals surface area (Å²) in [6.45, 7) is 0. The largest absolute Gasteiger partial charge is 0.497 e. The Hall–Kier alpha value is -1.81. The molecule has 20 heavy (non-hydrogen) atoms. The van der Waals surface area contributed by atoms with Gasteiger partial charge >= 0.3 is 5.97 Å². The van der Waals surface area contributed by atoms with E-state index in [4.69, 9.17) is 9.84 Å². The Morgan fingerprint density at radius 1 is 1.15 bits per heavy atom. The van der Waals surface area contributed by atoms with Crippen molar-refractivity contribution in [3.05, 3.63) is 63.6 Å². The monoisotopic (exact) mass is 334 g/mol. The lowest BCUT2D eigenvalue weighted by Gasteiger charge is -2.07. The SMILES string of the molecule is COc1ccc(Br)c(CCc2ccc(C(=O)O)cc2)c1. The Bertz CT molecular complexity index is 606. The lowest BCUT2D eigenvalue weighted by molar-refractivity contribution is 0.0697. The van der Waals surface area contributed by atoms with E-state index in [2.05, 4.69) is 15.9 Å². The number of aromatic carboxylic acids is 1. The van der Waals surface area contributed by atoms with Gasteiger partial charge in [0.2, 0.25) is 0 Å². The van der Waals surface area contributed by atoms with Crippen LogP contribution < -0.4 is 4.74 Å². The van der Waals surface area contributed by atoms with Crippen LogP contribution in [0.5, 0.6) is 5.75 Å². The maximum atomic E-state index is 10.8. The maximum Gasteiger partial charge on any atom is 0.335 e. The zero-order chi connectivity index (χ0) is 14.5. The van der Waals surface area contributed by atoms with Crippen molar-refractivity contribution in [3.63, 3.8) is 0 Å². The molecule has 0 unspecified atom stereocenters. The van der Waals surface area contributed by atoms with E-state index in [1.54, 1.807) is 19.2 Å². The third-order valence-corrected chi connectivity index (χ3v) is 3.91. The highest BCUT2D eigenvalue weighted by atomic mass is 79.9. The van der Waals surface area contributed by atoms with Gasteiger partial charge in [0.15, 0.2) is 0 Å². The van der Waals surface area contributed by atoms with Crippen LogP contribution in [0.25, 0.3) is 0 Å². The zero-order valence-electron chi connectivity index (χ0n) is 11.1. The topological polar surface area (TPSA) is 46.5 Å². The molecule has 1 N–H and O–H groups in total. The van der Waals surface area contributed by atoms with E-state index >= 15 is 0 Å². The molecule has 4 heteroatoms. The van der Waals surface area contributed by atoms with Crippen LogP contribution in [-0.4, -0.2) is 18.2 Å². The van der Waals surface area contributed by atoms with Gasteiger partial charge in [-0.15, -0.1) is 0 Å². The van der Waals surface area contributed by atoms with Gasteiger partial charge in [-0.25, -0.2) is 4.79 Å². The van der Waals surface area contributed by atoms with Gasteiger partial charge < -0.3 is 9.84 Å². The number of rotatable bonds is 5. The summed E-state index contributed by atoms with van der Waals surface area (Å²) in [6.07, 6.45) is 1.72. The Kier molecular flexibility index (Phi) is 4.79. The molecule has 2 aromatic carbocycles. The quantitative estimate of drug-likeness (QED) is 0.900. The van der Waals surface area contributed by atoms with Crippen molar-refractivity contribution in [1.29, 1.82) is 0 Å². The normalized spacial score (nSPS) is 10.3. The summed E-state index contributed by atoms with van der Waals surface area (Å²) in [5, 5.41) is 8.86. The van der Waals surface area contributed by atoms with Crippen molar-refractivity contribution >= 4 is 21.9 Å². The minimum Gasteiger partial charge on any atom is -0.497 e. The first-order valence-corrected chi connectivity index (χ1v) is 7.04. The van der Waals surface area contributed by atoms with E-state index < -0.39 is 5.97 Å². The molecule has 0 bridgehead atoms. The van der Waals surface area contributed by atoms with Crippen LogP contribution in [0.2, 0.25) is 0 Å². The molecule has 0 atom stereocenters. The number of methoxy groups -OCH3 is 1. The second-order valence-corrected chi connectivity index (χ2v) is 5.31. The Labute approximate surface area is 126 Å². The number of carboxylic acid groups (broad SMARTS) is 1. The minimum atomic E-state index is -0.896. The molecule has 0 saturated carbocycles. The smallest absolute Gasteiger partial charge is 0.335 e. The summed E-state index contributed by atoms with van der Waals surface area (Å²) in [5.41, 5.74) is 2.60. The van der Waals surface area contributed by atoms with Crippen molar-refractivity contribution in [3.8, 4) is 5.75 Å². The van der Waals surface area contributed by atoms with Gasteiger partial charge in [-0.05, 0) is 54.3 Å². The van der Waals surface area contributed by atoms with Gasteiger partial charge in [0.05, 0.1) is 12.7 Å². The van der Waals surface area contributed by atoms with Crippen LogP contribution in [0.15, 0.2) is 46.9 Å². The fourth-order valence-electron chi connectivity index (χ4n) is 1.96. The molecule has 0 fully saturated rings. The lowest BCUT2D eigenvalue weighted by atomic mass is 10.0. The van der Waals surface area contributed by atoms with Gasteiger partial charge in [0.1, 0.15) is 5.75 Å². The van der Waals surface area contributed by atoms with Gasteiger partial charge in [-0.3, -0.25) is 0 Å². The second kappa shape index (κ2) is 6.57. The molecule has 104 valence electrons. The maximum absolute atomic E-state index is 10.8. The first-order valence-electron chi connectivity index (χ1n) is 6.25. The van der Waals surface area contributed by atoms with Crippen LogP contribution in [0.3, 0.4) is 0 Å². The zero-order valence-corrected chi connectivity index (χ0v) is 12.7. The third kappa shape index (κ3) is 3.61. The molecule has 0 radical (unpaired) electrons. The summed E-state index contributed by atoms with van der Waals surface area (Å²) >= 11 is 3.53. The number of ether oxygens (including phenoxy) is 1. The van der Waals surface area contributed by atoms with Crippen LogP contribution in [0, 0.1) is 0 Å². The van der Waals surface area contributed by atoms with E-state index in [1.165, 1.54) is 5.56 Å². The molecule has 2 rings (SSSR count). The summed E-state index contributed by atoms with van der Waals surface area (Å²) in [4.78, 5) is 10.8. The highest BCUT2D eigenvalue weighted by molar-refractivity contribution is 9.10. The number of carboxylic acids is 1. The average molecular weight is 335 g/mol. The lowest BCUT2D eigenvalue weighted by Crippen LogP contribution is -1.97. The predicted molar refractivity (Wildman–Crippen MR) is 81.5 cm³/mol. The minimum absolute atomic E-state index is 0.316. The summed E-state index contributed by atoms with van der Waals surface area (Å²) < 4.78 is 6.27. The number of hydrogen-bond acceptors (Lipinski definition) is 2. The van der Waals surface area contributed by atoms with Crippen LogP contribution in [0.4, 0.5) is 0 Å². The fourth-order valence-corrected chi connectivity index (χ4v) is 2.41. The molecule has 0 aliphatic heterocycles. The Morgan fingerprint density at radius 2 is 1.85 bits per heavy atom. The molecule has 0 heterocycles. The molecule has 0 aliphatic carbocycles. The molecular formula is C16H15BrO3.